The van der Waals surface area contributed by atoms with Crippen LogP contribution in [0.2, 0.25) is 0 Å². The maximum Gasteiger partial charge on any atom is 0.246 e. The highest BCUT2D eigenvalue weighted by atomic mass is 16.3. The molecule has 1 atom stereocenters. The lowest BCUT2D eigenvalue weighted by Gasteiger charge is -2.19. The van der Waals surface area contributed by atoms with Crippen molar-refractivity contribution in [2.24, 2.45) is 0 Å². The predicted molar refractivity (Wildman–Crippen MR) is 93.7 cm³/mol. The molecule has 128 valence electrons. The summed E-state index contributed by atoms with van der Waals surface area (Å²) in [4.78, 5) is 11.7. The van der Waals surface area contributed by atoms with E-state index >= 15 is 0 Å². The van der Waals surface area contributed by atoms with Crippen LogP contribution < -0.4 is 5.32 Å². The summed E-state index contributed by atoms with van der Waals surface area (Å²) in [5.74, 6) is -0.276. The number of phenols is 2. The van der Waals surface area contributed by atoms with Gasteiger partial charge in [0.2, 0.25) is 5.91 Å². The third-order valence-electron chi connectivity index (χ3n) is 4.02. The van der Waals surface area contributed by atoms with Gasteiger partial charge in [0.05, 0.1) is 0 Å². The standard InChI is InChI=1S/C19H29NO3/c1-4-5-6-7-8-9-16(13-20-19(23)14(2)3)15-10-11-17(21)18(22)12-15/h10-12,16,21-22H,2,4-9,13H2,1,3H3,(H,20,23). The van der Waals surface area contributed by atoms with E-state index in [-0.39, 0.29) is 23.3 Å². The molecule has 0 aliphatic carbocycles. The fourth-order valence-corrected chi connectivity index (χ4v) is 2.54. The van der Waals surface area contributed by atoms with Crippen LogP contribution in [0.5, 0.6) is 11.5 Å². The van der Waals surface area contributed by atoms with Gasteiger partial charge in [-0.3, -0.25) is 4.79 Å². The molecule has 0 aliphatic heterocycles. The van der Waals surface area contributed by atoms with Crippen LogP contribution in [0.4, 0.5) is 0 Å². The van der Waals surface area contributed by atoms with Crippen LogP contribution in [0.15, 0.2) is 30.4 Å². The summed E-state index contributed by atoms with van der Waals surface area (Å²) in [6, 6.07) is 4.88. The number of carbonyl (C=O) groups is 1. The van der Waals surface area contributed by atoms with Crippen molar-refractivity contribution < 1.29 is 15.0 Å². The zero-order valence-electron chi connectivity index (χ0n) is 14.3. The molecule has 23 heavy (non-hydrogen) atoms. The fourth-order valence-electron chi connectivity index (χ4n) is 2.54. The molecule has 1 aromatic carbocycles. The van der Waals surface area contributed by atoms with Gasteiger partial charge in [-0.1, -0.05) is 51.7 Å². The van der Waals surface area contributed by atoms with Crippen LogP contribution in [-0.4, -0.2) is 22.7 Å². The number of nitrogens with one attached hydrogen (secondary N) is 1. The quantitative estimate of drug-likeness (QED) is 0.343. The van der Waals surface area contributed by atoms with E-state index in [1.54, 1.807) is 19.1 Å². The second-order valence-electron chi connectivity index (χ2n) is 6.14. The number of hydrogen-bond donors (Lipinski definition) is 3. The Labute approximate surface area is 139 Å². The molecular weight excluding hydrogens is 290 g/mol. The molecule has 1 unspecified atom stereocenters. The van der Waals surface area contributed by atoms with E-state index in [0.717, 1.165) is 18.4 Å². The Balaban J connectivity index is 2.68. The van der Waals surface area contributed by atoms with Crippen LogP contribution in [0.25, 0.3) is 0 Å². The van der Waals surface area contributed by atoms with Crippen molar-refractivity contribution >= 4 is 5.91 Å². The zero-order chi connectivity index (χ0) is 17.2. The van der Waals surface area contributed by atoms with Gasteiger partial charge in [0.1, 0.15) is 0 Å². The molecule has 0 radical (unpaired) electrons. The first-order valence-electron chi connectivity index (χ1n) is 8.41. The van der Waals surface area contributed by atoms with Gasteiger partial charge in [-0.05, 0) is 31.0 Å². The second kappa shape index (κ2) is 9.93. The van der Waals surface area contributed by atoms with Crippen molar-refractivity contribution in [2.75, 3.05) is 6.54 Å². The fraction of sp³-hybridized carbons (Fsp3) is 0.526. The van der Waals surface area contributed by atoms with Crippen LogP contribution in [-0.2, 0) is 4.79 Å². The van der Waals surface area contributed by atoms with Gasteiger partial charge in [0, 0.05) is 18.0 Å². The van der Waals surface area contributed by atoms with Gasteiger partial charge in [-0.15, -0.1) is 0 Å². The average molecular weight is 319 g/mol. The van der Waals surface area contributed by atoms with Crippen molar-refractivity contribution in [3.8, 4) is 11.5 Å². The molecule has 0 aromatic heterocycles. The highest BCUT2D eigenvalue weighted by Crippen LogP contribution is 2.30. The van der Waals surface area contributed by atoms with E-state index in [9.17, 15) is 15.0 Å². The van der Waals surface area contributed by atoms with Crippen LogP contribution >= 0.6 is 0 Å². The lowest BCUT2D eigenvalue weighted by Crippen LogP contribution is -2.28. The van der Waals surface area contributed by atoms with Gasteiger partial charge < -0.3 is 15.5 Å². The van der Waals surface area contributed by atoms with E-state index in [0.29, 0.717) is 12.1 Å². The minimum absolute atomic E-state index is 0.117. The molecule has 0 saturated heterocycles. The molecule has 0 spiro atoms. The average Bonchev–Trinajstić information content (AvgIpc) is 2.52. The van der Waals surface area contributed by atoms with Gasteiger partial charge in [0.15, 0.2) is 11.5 Å². The number of benzene rings is 1. The maximum absolute atomic E-state index is 11.7. The van der Waals surface area contributed by atoms with Crippen LogP contribution in [0, 0.1) is 0 Å². The van der Waals surface area contributed by atoms with E-state index in [1.807, 2.05) is 0 Å². The number of phenolic OH excluding ortho intramolecular Hbond substituents is 2. The van der Waals surface area contributed by atoms with Crippen LogP contribution in [0.1, 0.15) is 63.9 Å². The van der Waals surface area contributed by atoms with E-state index in [1.165, 1.54) is 31.7 Å². The predicted octanol–water partition coefficient (Wildman–Crippen LogP) is 4.23. The molecule has 3 N–H and O–H groups in total. The Bertz CT molecular complexity index is 525. The molecule has 4 heteroatoms. The first kappa shape index (κ1) is 19.1. The highest BCUT2D eigenvalue weighted by Gasteiger charge is 2.15. The minimum atomic E-state index is -0.149. The summed E-state index contributed by atoms with van der Waals surface area (Å²) in [6.07, 6.45) is 6.87. The molecule has 1 amide bonds. The molecule has 1 aromatic rings. The largest absolute Gasteiger partial charge is 0.504 e. The van der Waals surface area contributed by atoms with Gasteiger partial charge >= 0.3 is 0 Å². The Morgan fingerprint density at radius 1 is 1.17 bits per heavy atom. The summed E-state index contributed by atoms with van der Waals surface area (Å²) >= 11 is 0. The second-order valence-corrected chi connectivity index (χ2v) is 6.14. The Kier molecular flexibility index (Phi) is 8.23. The third-order valence-corrected chi connectivity index (χ3v) is 4.02. The van der Waals surface area contributed by atoms with Gasteiger partial charge in [-0.2, -0.15) is 0 Å². The van der Waals surface area contributed by atoms with Gasteiger partial charge in [-0.25, -0.2) is 0 Å². The molecule has 1 rings (SSSR count). The van der Waals surface area contributed by atoms with Crippen molar-refractivity contribution in [3.63, 3.8) is 0 Å². The summed E-state index contributed by atoms with van der Waals surface area (Å²) in [6.45, 7) is 8.02. The molecule has 0 heterocycles. The Hall–Kier alpha value is -1.97. The monoisotopic (exact) mass is 319 g/mol. The Morgan fingerprint density at radius 3 is 2.48 bits per heavy atom. The van der Waals surface area contributed by atoms with E-state index in [4.69, 9.17) is 0 Å². The number of carbonyl (C=O) groups excluding carboxylic acids is 1. The Morgan fingerprint density at radius 2 is 1.87 bits per heavy atom. The van der Waals surface area contributed by atoms with Crippen molar-refractivity contribution in [3.05, 3.63) is 35.9 Å². The minimum Gasteiger partial charge on any atom is -0.504 e. The topological polar surface area (TPSA) is 69.6 Å². The first-order chi connectivity index (χ1) is 11.0. The molecule has 0 saturated carbocycles. The molecule has 0 aliphatic rings. The molecular formula is C19H29NO3. The van der Waals surface area contributed by atoms with Crippen molar-refractivity contribution in [1.29, 1.82) is 0 Å². The molecule has 0 fully saturated rings. The number of aromatic hydroxyl groups is 2. The van der Waals surface area contributed by atoms with Crippen molar-refractivity contribution in [2.45, 2.75) is 58.3 Å². The lowest BCUT2D eigenvalue weighted by atomic mass is 9.92. The summed E-state index contributed by atoms with van der Waals surface area (Å²) in [7, 11) is 0. The van der Waals surface area contributed by atoms with E-state index < -0.39 is 0 Å². The number of hydrogen-bond acceptors (Lipinski definition) is 3. The SMILES string of the molecule is C=C(C)C(=O)NCC(CCCCCCC)c1ccc(O)c(O)c1. The lowest BCUT2D eigenvalue weighted by molar-refractivity contribution is -0.117. The number of amides is 1. The number of rotatable bonds is 10. The normalized spacial score (nSPS) is 11.9. The first-order valence-corrected chi connectivity index (χ1v) is 8.41. The zero-order valence-corrected chi connectivity index (χ0v) is 14.3. The smallest absolute Gasteiger partial charge is 0.246 e. The summed E-state index contributed by atoms with van der Waals surface area (Å²) in [5, 5.41) is 22.0. The van der Waals surface area contributed by atoms with Crippen molar-refractivity contribution in [1.82, 2.24) is 5.32 Å². The molecule has 4 nitrogen and oxygen atoms in total. The van der Waals surface area contributed by atoms with Gasteiger partial charge in [0.25, 0.3) is 0 Å². The van der Waals surface area contributed by atoms with E-state index in [2.05, 4.69) is 18.8 Å². The highest BCUT2D eigenvalue weighted by molar-refractivity contribution is 5.92. The summed E-state index contributed by atoms with van der Waals surface area (Å²) in [5.41, 5.74) is 1.41. The van der Waals surface area contributed by atoms with Crippen LogP contribution in [0.3, 0.4) is 0 Å². The third kappa shape index (κ3) is 6.76. The maximum atomic E-state index is 11.7. The number of unbranched alkanes of at least 4 members (excludes halogenated alkanes) is 4. The molecule has 0 bridgehead atoms. The summed E-state index contributed by atoms with van der Waals surface area (Å²) < 4.78 is 0.